The van der Waals surface area contributed by atoms with Gasteiger partial charge in [-0.2, -0.15) is 10.1 Å². The van der Waals surface area contributed by atoms with Gasteiger partial charge in [-0.15, -0.1) is 0 Å². The Morgan fingerprint density at radius 2 is 1.44 bits per heavy atom. The van der Waals surface area contributed by atoms with Crippen LogP contribution in [0.1, 0.15) is 5.56 Å². The summed E-state index contributed by atoms with van der Waals surface area (Å²) in [5.74, 6) is 0.651. The van der Waals surface area contributed by atoms with E-state index in [-0.39, 0.29) is 10.6 Å². The van der Waals surface area contributed by atoms with Crippen molar-refractivity contribution in [3.8, 4) is 17.1 Å². The molecule has 4 aromatic rings. The molecular weight excluding hydrogens is 407 g/mol. The lowest BCUT2D eigenvalue weighted by molar-refractivity contribution is 0.843. The largest absolute Gasteiger partial charge is 0.226 e. The van der Waals surface area contributed by atoms with E-state index in [1.807, 2.05) is 12.3 Å². The molecule has 136 valence electrons. The third kappa shape index (κ3) is 5.47. The fraction of sp³-hybridized carbons (Fsp3) is 0.0556. The van der Waals surface area contributed by atoms with Gasteiger partial charge in [-0.05, 0) is 42.3 Å². The SMILES string of the molecule is Cc1ccc(-c2ccn(-c3ccnc(Cl)n3)n2)cc1.Clc1ccnc(Cl)n1. The second-order valence-electron chi connectivity index (χ2n) is 5.34. The average Bonchev–Trinajstić information content (AvgIpc) is 3.13. The van der Waals surface area contributed by atoms with Crippen molar-refractivity contribution in [1.82, 2.24) is 29.7 Å². The van der Waals surface area contributed by atoms with Gasteiger partial charge in [0.05, 0.1) is 5.69 Å². The van der Waals surface area contributed by atoms with Gasteiger partial charge in [0.25, 0.3) is 0 Å². The number of aryl methyl sites for hydroxylation is 1. The molecular formula is C18H13Cl3N6. The molecule has 0 atom stereocenters. The van der Waals surface area contributed by atoms with Crippen molar-refractivity contribution in [2.24, 2.45) is 0 Å². The van der Waals surface area contributed by atoms with Crippen LogP contribution in [0, 0.1) is 6.92 Å². The number of hydrogen-bond donors (Lipinski definition) is 0. The maximum atomic E-state index is 5.77. The summed E-state index contributed by atoms with van der Waals surface area (Å²) in [5.41, 5.74) is 3.20. The molecule has 0 radical (unpaired) electrons. The van der Waals surface area contributed by atoms with Crippen LogP contribution in [0.4, 0.5) is 0 Å². The highest BCUT2D eigenvalue weighted by atomic mass is 35.5. The van der Waals surface area contributed by atoms with Crippen LogP contribution in [0.5, 0.6) is 0 Å². The van der Waals surface area contributed by atoms with Gasteiger partial charge in [0.1, 0.15) is 5.15 Å². The standard InChI is InChI=1S/C14H11ClN4.C4H2Cl2N2/c1-10-2-4-11(5-3-10)12-7-9-19(18-12)13-6-8-16-14(15)17-13;5-3-1-2-7-4(6)8-3/h2-9H,1H3;1-2H. The fourth-order valence-corrected chi connectivity index (χ4v) is 2.57. The molecule has 0 bridgehead atoms. The highest BCUT2D eigenvalue weighted by Gasteiger charge is 2.05. The van der Waals surface area contributed by atoms with Gasteiger partial charge in [0.2, 0.25) is 10.6 Å². The maximum absolute atomic E-state index is 5.77. The van der Waals surface area contributed by atoms with Gasteiger partial charge >= 0.3 is 0 Å². The highest BCUT2D eigenvalue weighted by molar-refractivity contribution is 6.31. The zero-order valence-electron chi connectivity index (χ0n) is 14.1. The summed E-state index contributed by atoms with van der Waals surface area (Å²) in [4.78, 5) is 15.2. The molecule has 0 fully saturated rings. The quantitative estimate of drug-likeness (QED) is 0.335. The van der Waals surface area contributed by atoms with Gasteiger partial charge in [-0.25, -0.2) is 19.6 Å². The molecule has 3 aromatic heterocycles. The van der Waals surface area contributed by atoms with Crippen molar-refractivity contribution in [3.05, 3.63) is 82.3 Å². The van der Waals surface area contributed by atoms with Gasteiger partial charge in [-0.3, -0.25) is 0 Å². The van der Waals surface area contributed by atoms with Crippen LogP contribution in [0.2, 0.25) is 15.7 Å². The predicted octanol–water partition coefficient (Wildman–Crippen LogP) is 5.07. The van der Waals surface area contributed by atoms with Crippen molar-refractivity contribution in [2.75, 3.05) is 0 Å². The van der Waals surface area contributed by atoms with Crippen LogP contribution < -0.4 is 0 Å². The van der Waals surface area contributed by atoms with E-state index in [9.17, 15) is 0 Å². The van der Waals surface area contributed by atoms with Crippen LogP contribution in [0.25, 0.3) is 17.1 Å². The van der Waals surface area contributed by atoms with Crippen LogP contribution in [-0.2, 0) is 0 Å². The zero-order valence-corrected chi connectivity index (χ0v) is 16.4. The summed E-state index contributed by atoms with van der Waals surface area (Å²) >= 11 is 16.5. The van der Waals surface area contributed by atoms with Crippen LogP contribution in [-0.4, -0.2) is 29.7 Å². The first-order chi connectivity index (χ1) is 13.0. The minimum Gasteiger partial charge on any atom is -0.226 e. The molecule has 1 aromatic carbocycles. The summed E-state index contributed by atoms with van der Waals surface area (Å²) in [6, 6.07) is 13.5. The first-order valence-corrected chi connectivity index (χ1v) is 8.90. The minimum absolute atomic E-state index is 0.178. The molecule has 0 aliphatic carbocycles. The molecule has 0 saturated carbocycles. The van der Waals surface area contributed by atoms with E-state index >= 15 is 0 Å². The van der Waals surface area contributed by atoms with E-state index in [0.717, 1.165) is 11.3 Å². The minimum atomic E-state index is 0.178. The zero-order chi connectivity index (χ0) is 19.2. The number of halogens is 3. The number of rotatable bonds is 2. The molecule has 0 aliphatic rings. The second kappa shape index (κ2) is 8.90. The molecule has 0 aliphatic heterocycles. The molecule has 9 heteroatoms. The molecule has 4 rings (SSSR count). The number of benzene rings is 1. The first kappa shape index (κ1) is 19.2. The number of aromatic nitrogens is 6. The summed E-state index contributed by atoms with van der Waals surface area (Å²) in [7, 11) is 0. The lowest BCUT2D eigenvalue weighted by Crippen LogP contribution is -1.99. The Morgan fingerprint density at radius 1 is 0.778 bits per heavy atom. The third-order valence-corrected chi connectivity index (χ3v) is 3.95. The van der Waals surface area contributed by atoms with Crippen molar-refractivity contribution in [1.29, 1.82) is 0 Å². The van der Waals surface area contributed by atoms with Crippen molar-refractivity contribution < 1.29 is 0 Å². The predicted molar refractivity (Wildman–Crippen MR) is 106 cm³/mol. The van der Waals surface area contributed by atoms with Gasteiger partial charge < -0.3 is 0 Å². The van der Waals surface area contributed by atoms with E-state index in [4.69, 9.17) is 34.8 Å². The van der Waals surface area contributed by atoms with Crippen molar-refractivity contribution in [3.63, 3.8) is 0 Å². The summed E-state index contributed by atoms with van der Waals surface area (Å²) in [6.07, 6.45) is 4.96. The maximum Gasteiger partial charge on any atom is 0.224 e. The topological polar surface area (TPSA) is 69.4 Å². The second-order valence-corrected chi connectivity index (χ2v) is 6.41. The van der Waals surface area contributed by atoms with Crippen LogP contribution in [0.3, 0.4) is 0 Å². The van der Waals surface area contributed by atoms with E-state index in [1.54, 1.807) is 23.0 Å². The first-order valence-electron chi connectivity index (χ1n) is 7.77. The Balaban J connectivity index is 0.000000221. The van der Waals surface area contributed by atoms with E-state index in [2.05, 4.69) is 56.2 Å². The monoisotopic (exact) mass is 418 g/mol. The lowest BCUT2D eigenvalue weighted by atomic mass is 10.1. The molecule has 3 heterocycles. The normalized spacial score (nSPS) is 10.2. The smallest absolute Gasteiger partial charge is 0.224 e. The summed E-state index contributed by atoms with van der Waals surface area (Å²) in [5, 5.41) is 5.25. The van der Waals surface area contributed by atoms with E-state index in [0.29, 0.717) is 11.0 Å². The Morgan fingerprint density at radius 3 is 2.04 bits per heavy atom. The molecule has 0 spiro atoms. The summed E-state index contributed by atoms with van der Waals surface area (Å²) in [6.45, 7) is 2.06. The summed E-state index contributed by atoms with van der Waals surface area (Å²) < 4.78 is 1.68. The molecule has 0 unspecified atom stereocenters. The Bertz CT molecular complexity index is 1020. The molecule has 0 saturated heterocycles. The number of nitrogens with zero attached hydrogens (tertiary/aromatic N) is 6. The van der Waals surface area contributed by atoms with Crippen molar-refractivity contribution in [2.45, 2.75) is 6.92 Å². The molecule has 0 amide bonds. The van der Waals surface area contributed by atoms with Crippen LogP contribution >= 0.6 is 34.8 Å². The van der Waals surface area contributed by atoms with Gasteiger partial charge in [0, 0.05) is 30.2 Å². The fourth-order valence-electron chi connectivity index (χ4n) is 2.10. The van der Waals surface area contributed by atoms with Crippen molar-refractivity contribution >= 4 is 34.8 Å². The van der Waals surface area contributed by atoms with Crippen LogP contribution in [0.15, 0.2) is 61.1 Å². The Hall–Kier alpha value is -2.54. The van der Waals surface area contributed by atoms with E-state index in [1.165, 1.54) is 11.8 Å². The average molecular weight is 420 g/mol. The van der Waals surface area contributed by atoms with Gasteiger partial charge in [-0.1, -0.05) is 41.4 Å². The third-order valence-electron chi connectivity index (χ3n) is 3.37. The Labute approximate surface area is 170 Å². The molecule has 6 nitrogen and oxygen atoms in total. The highest BCUT2D eigenvalue weighted by Crippen LogP contribution is 2.18. The van der Waals surface area contributed by atoms with E-state index < -0.39 is 0 Å². The van der Waals surface area contributed by atoms with Gasteiger partial charge in [0.15, 0.2) is 5.82 Å². The molecule has 0 N–H and O–H groups in total. The molecule has 27 heavy (non-hydrogen) atoms. The Kier molecular flexibility index (Phi) is 6.34. The lowest BCUT2D eigenvalue weighted by Gasteiger charge is -2.00. The number of hydrogen-bond acceptors (Lipinski definition) is 5.